The molecule has 0 saturated carbocycles. The number of hydrogen-bond acceptors (Lipinski definition) is 5. The van der Waals surface area contributed by atoms with Gasteiger partial charge in [-0.2, -0.15) is 0 Å². The molecular weight excluding hydrogens is 413 g/mol. The summed E-state index contributed by atoms with van der Waals surface area (Å²) in [5, 5.41) is 1.68. The average molecular weight is 431 g/mol. The lowest BCUT2D eigenvalue weighted by molar-refractivity contribution is 0.594. The molecule has 3 heterocycles. The zero-order valence-electron chi connectivity index (χ0n) is 16.5. The van der Waals surface area contributed by atoms with Crippen LogP contribution in [0.3, 0.4) is 0 Å². The van der Waals surface area contributed by atoms with Crippen LogP contribution in [0.1, 0.15) is 11.1 Å². The zero-order chi connectivity index (χ0) is 21.2. The summed E-state index contributed by atoms with van der Waals surface area (Å²) in [6.07, 6.45) is 5.65. The van der Waals surface area contributed by atoms with Crippen LogP contribution in [0, 0.1) is 5.82 Å². The number of nitrogens with zero attached hydrogens (tertiary/aromatic N) is 4. The first-order valence-electron chi connectivity index (χ1n) is 9.83. The highest BCUT2D eigenvalue weighted by Crippen LogP contribution is 2.23. The molecule has 0 bridgehead atoms. The Hall–Kier alpha value is -3.52. The van der Waals surface area contributed by atoms with E-state index in [2.05, 4.69) is 26.0 Å². The van der Waals surface area contributed by atoms with Crippen LogP contribution < -0.4 is 5.56 Å². The molecule has 31 heavy (non-hydrogen) atoms. The first kappa shape index (κ1) is 19.4. The van der Waals surface area contributed by atoms with Crippen LogP contribution in [0.15, 0.2) is 77.1 Å². The predicted octanol–water partition coefficient (Wildman–Crippen LogP) is 4.34. The van der Waals surface area contributed by atoms with Gasteiger partial charge in [0.15, 0.2) is 16.3 Å². The third-order valence-corrected chi connectivity index (χ3v) is 6.14. The lowest BCUT2D eigenvalue weighted by Crippen LogP contribution is -2.25. The fourth-order valence-corrected chi connectivity index (χ4v) is 4.54. The summed E-state index contributed by atoms with van der Waals surface area (Å²) in [6, 6.07) is 14.5. The van der Waals surface area contributed by atoms with E-state index in [0.717, 1.165) is 22.0 Å². The lowest BCUT2D eigenvalue weighted by Gasteiger charge is -2.12. The number of nitrogens with one attached hydrogen (secondary N) is 1. The first-order chi connectivity index (χ1) is 15.2. The minimum absolute atomic E-state index is 0.223. The van der Waals surface area contributed by atoms with E-state index < -0.39 is 0 Å². The van der Waals surface area contributed by atoms with E-state index >= 15 is 0 Å². The van der Waals surface area contributed by atoms with Gasteiger partial charge in [0.2, 0.25) is 0 Å². The van der Waals surface area contributed by atoms with Crippen molar-refractivity contribution in [2.75, 3.05) is 0 Å². The van der Waals surface area contributed by atoms with Gasteiger partial charge in [0, 0.05) is 41.8 Å². The Morgan fingerprint density at radius 2 is 1.94 bits per heavy atom. The summed E-state index contributed by atoms with van der Waals surface area (Å²) < 4.78 is 15.2. The number of benzene rings is 2. The second kappa shape index (κ2) is 8.31. The molecule has 6 nitrogen and oxygen atoms in total. The highest BCUT2D eigenvalue weighted by molar-refractivity contribution is 7.98. The van der Waals surface area contributed by atoms with Gasteiger partial charge < -0.3 is 4.98 Å². The first-order valence-corrected chi connectivity index (χ1v) is 10.8. The van der Waals surface area contributed by atoms with Crippen LogP contribution in [0.25, 0.3) is 22.1 Å². The van der Waals surface area contributed by atoms with Crippen LogP contribution >= 0.6 is 11.8 Å². The molecule has 0 aliphatic rings. The minimum Gasteiger partial charge on any atom is -0.361 e. The van der Waals surface area contributed by atoms with Crippen LogP contribution in [-0.4, -0.2) is 24.5 Å². The quantitative estimate of drug-likeness (QED) is 0.320. The molecule has 0 aliphatic heterocycles. The Balaban J connectivity index is 1.49. The van der Waals surface area contributed by atoms with Gasteiger partial charge in [-0.05, 0) is 35.7 Å². The van der Waals surface area contributed by atoms with E-state index in [9.17, 15) is 9.18 Å². The van der Waals surface area contributed by atoms with Gasteiger partial charge in [-0.1, -0.05) is 42.1 Å². The Labute approximate surface area is 181 Å². The summed E-state index contributed by atoms with van der Waals surface area (Å²) >= 11 is 1.39. The minimum atomic E-state index is -0.285. The molecule has 0 amide bonds. The maximum atomic E-state index is 13.5. The number of halogens is 1. The normalized spacial score (nSPS) is 11.4. The molecule has 1 N–H and O–H groups in total. The summed E-state index contributed by atoms with van der Waals surface area (Å²) in [5.41, 5.74) is 3.35. The number of H-pyrrole nitrogens is 1. The number of aryl methyl sites for hydroxylation is 1. The molecule has 0 radical (unpaired) electrons. The van der Waals surface area contributed by atoms with E-state index in [4.69, 9.17) is 0 Å². The van der Waals surface area contributed by atoms with E-state index in [1.54, 1.807) is 10.6 Å². The van der Waals surface area contributed by atoms with Gasteiger partial charge in [-0.3, -0.25) is 9.36 Å². The molecule has 0 saturated heterocycles. The Bertz CT molecular complexity index is 1450. The summed E-state index contributed by atoms with van der Waals surface area (Å²) in [5.74, 6) is 0.204. The molecule has 154 valence electrons. The number of fused-ring (bicyclic) bond motifs is 2. The van der Waals surface area contributed by atoms with Crippen molar-refractivity contribution in [2.45, 2.75) is 23.9 Å². The van der Waals surface area contributed by atoms with E-state index in [1.807, 2.05) is 30.5 Å². The van der Waals surface area contributed by atoms with Crippen molar-refractivity contribution >= 4 is 33.8 Å². The highest BCUT2D eigenvalue weighted by Gasteiger charge is 2.14. The smallest absolute Gasteiger partial charge is 0.282 e. The molecule has 0 unspecified atom stereocenters. The second-order valence-electron chi connectivity index (χ2n) is 7.11. The van der Waals surface area contributed by atoms with Crippen molar-refractivity contribution in [2.24, 2.45) is 0 Å². The molecule has 8 heteroatoms. The number of hydrogen-bond donors (Lipinski definition) is 1. The average Bonchev–Trinajstić information content (AvgIpc) is 3.20. The van der Waals surface area contributed by atoms with Gasteiger partial charge in [0.05, 0.1) is 0 Å². The second-order valence-corrected chi connectivity index (χ2v) is 8.05. The van der Waals surface area contributed by atoms with E-state index in [0.29, 0.717) is 29.5 Å². The molecule has 0 atom stereocenters. The van der Waals surface area contributed by atoms with Crippen molar-refractivity contribution in [3.8, 4) is 0 Å². The van der Waals surface area contributed by atoms with Gasteiger partial charge >= 0.3 is 0 Å². The lowest BCUT2D eigenvalue weighted by atomic mass is 10.1. The number of rotatable bonds is 6. The van der Waals surface area contributed by atoms with Crippen LogP contribution in [0.5, 0.6) is 0 Å². The largest absolute Gasteiger partial charge is 0.361 e. The van der Waals surface area contributed by atoms with E-state index in [1.165, 1.54) is 36.3 Å². The molecular formula is C23H18FN5OS. The van der Waals surface area contributed by atoms with Crippen molar-refractivity contribution in [3.05, 3.63) is 94.4 Å². The van der Waals surface area contributed by atoms with Crippen LogP contribution in [-0.2, 0) is 18.7 Å². The SMILES string of the molecule is O=c1c2nccnc2nc(SCc2cccc(F)c2)n1CCc1c[nH]c2ccccc12. The molecule has 0 aliphatic carbocycles. The van der Waals surface area contributed by atoms with Crippen LogP contribution in [0.2, 0.25) is 0 Å². The number of aromatic nitrogens is 5. The molecule has 2 aromatic carbocycles. The van der Waals surface area contributed by atoms with Gasteiger partial charge in [-0.15, -0.1) is 0 Å². The zero-order valence-corrected chi connectivity index (χ0v) is 17.3. The molecule has 3 aromatic heterocycles. The van der Waals surface area contributed by atoms with Crippen molar-refractivity contribution in [1.29, 1.82) is 0 Å². The number of thioether (sulfide) groups is 1. The third-order valence-electron chi connectivity index (χ3n) is 5.10. The third kappa shape index (κ3) is 3.94. The molecule has 5 aromatic rings. The predicted molar refractivity (Wildman–Crippen MR) is 120 cm³/mol. The number of aromatic amines is 1. The van der Waals surface area contributed by atoms with Gasteiger partial charge in [0.25, 0.3) is 5.56 Å². The highest BCUT2D eigenvalue weighted by atomic mass is 32.2. The Morgan fingerprint density at radius 3 is 2.84 bits per heavy atom. The summed E-state index contributed by atoms with van der Waals surface area (Å²) in [4.78, 5) is 29.4. The van der Waals surface area contributed by atoms with Crippen molar-refractivity contribution < 1.29 is 4.39 Å². The van der Waals surface area contributed by atoms with Crippen molar-refractivity contribution in [1.82, 2.24) is 24.5 Å². The van der Waals surface area contributed by atoms with Crippen LogP contribution in [0.4, 0.5) is 4.39 Å². The molecule has 0 fully saturated rings. The fraction of sp³-hybridized carbons (Fsp3) is 0.130. The van der Waals surface area contributed by atoms with Crippen molar-refractivity contribution in [3.63, 3.8) is 0 Å². The monoisotopic (exact) mass is 431 g/mol. The maximum Gasteiger partial charge on any atom is 0.282 e. The standard InChI is InChI=1S/C23H18FN5OS/c24-17-5-3-4-15(12-17)14-31-23-28-21-20(25-9-10-26-21)22(30)29(23)11-8-16-13-27-19-7-2-1-6-18(16)19/h1-7,9-10,12-13,27H,8,11,14H2. The van der Waals surface area contributed by atoms with Gasteiger partial charge in [-0.25, -0.2) is 19.3 Å². The topological polar surface area (TPSA) is 76.5 Å². The van der Waals surface area contributed by atoms with Gasteiger partial charge in [0.1, 0.15) is 5.82 Å². The number of para-hydroxylation sites is 1. The summed E-state index contributed by atoms with van der Waals surface area (Å²) in [6.45, 7) is 0.450. The fourth-order valence-electron chi connectivity index (χ4n) is 3.58. The maximum absolute atomic E-state index is 13.5. The summed E-state index contributed by atoms with van der Waals surface area (Å²) in [7, 11) is 0. The Kier molecular flexibility index (Phi) is 5.21. The Morgan fingerprint density at radius 1 is 1.06 bits per heavy atom. The van der Waals surface area contributed by atoms with E-state index in [-0.39, 0.29) is 16.9 Å². The molecule has 0 spiro atoms. The molecule has 5 rings (SSSR count).